The van der Waals surface area contributed by atoms with E-state index in [2.05, 4.69) is 0 Å². The average Bonchev–Trinajstić information content (AvgIpc) is 2.79. The molecule has 0 aliphatic heterocycles. The van der Waals surface area contributed by atoms with E-state index < -0.39 is 100 Å². The summed E-state index contributed by atoms with van der Waals surface area (Å²) in [7, 11) is -22.3. The summed E-state index contributed by atoms with van der Waals surface area (Å²) >= 11 is 0. The maximum atomic E-state index is 12.2. The van der Waals surface area contributed by atoms with Gasteiger partial charge in [-0.25, -0.2) is 25.3 Å². The number of hydrogen-bond donors (Lipinski definition) is 0. The van der Waals surface area contributed by atoms with Crippen LogP contribution in [0.3, 0.4) is 0 Å². The number of rotatable bonds is 9. The molecule has 0 aliphatic rings. The molecule has 0 aromatic heterocycles. The zero-order chi connectivity index (χ0) is 43.5. The number of hydrogen-bond acceptors (Lipinski definition) is 9. The van der Waals surface area contributed by atoms with Gasteiger partial charge in [0, 0.05) is 0 Å². The topological polar surface area (TPSA) is 172 Å². The molecule has 0 rings (SSSR count). The van der Waals surface area contributed by atoms with E-state index in [1.165, 1.54) is 0 Å². The average molecular weight is 967 g/mol. The van der Waals surface area contributed by atoms with Crippen LogP contribution in [0.5, 0.6) is 0 Å². The predicted molar refractivity (Wildman–Crippen MR) is 97.5 cm³/mol. The molecule has 0 aromatic carbocycles. The SMILES string of the molecule is O=S(=O)([O-])C(F)(F)C(F)(F)C(F)(F)C(F)(F)F.O=S(=O)([O-])C(F)(F)C(F)(F)C(F)(F)C(F)(F)F.O=S(=O)([O-])C(F)(F)C(F)(F)C(F)(F)C(F)(F)F.[Ga+3]. The smallest absolute Gasteiger partial charge is 0.743 e. The van der Waals surface area contributed by atoms with Gasteiger partial charge in [-0.3, -0.25) is 0 Å². The van der Waals surface area contributed by atoms with Gasteiger partial charge in [-0.15, -0.1) is 0 Å². The van der Waals surface area contributed by atoms with Crippen LogP contribution in [0.4, 0.5) is 119 Å². The van der Waals surface area contributed by atoms with Crippen molar-refractivity contribution in [1.29, 1.82) is 0 Å². The van der Waals surface area contributed by atoms with E-state index in [4.69, 9.17) is 0 Å². The summed E-state index contributed by atoms with van der Waals surface area (Å²) in [5.74, 6) is -44.5. The Morgan fingerprint density at radius 2 is 0.346 bits per heavy atom. The van der Waals surface area contributed by atoms with Gasteiger partial charge in [-0.1, -0.05) is 0 Å². The summed E-state index contributed by atoms with van der Waals surface area (Å²) in [5, 5.41) is -21.3. The molecule has 0 spiro atoms. The third kappa shape index (κ3) is 9.64. The van der Waals surface area contributed by atoms with Gasteiger partial charge in [-0.05, 0) is 0 Å². The second-order valence-corrected chi connectivity index (χ2v) is 12.1. The zero-order valence-electron chi connectivity index (χ0n) is 21.7. The van der Waals surface area contributed by atoms with Crippen LogP contribution in [0.25, 0.3) is 0 Å². The fourth-order valence-electron chi connectivity index (χ4n) is 1.55. The third-order valence-electron chi connectivity index (χ3n) is 4.29. The molecule has 0 bridgehead atoms. The van der Waals surface area contributed by atoms with Gasteiger partial charge < -0.3 is 13.7 Å². The maximum absolute atomic E-state index is 12.2. The first kappa shape index (κ1) is 57.2. The molecular weight excluding hydrogens is 967 g/mol. The van der Waals surface area contributed by atoms with Gasteiger partial charge in [0.05, 0.1) is 0 Å². The monoisotopic (exact) mass is 966 g/mol. The van der Waals surface area contributed by atoms with Crippen LogP contribution >= 0.6 is 0 Å². The van der Waals surface area contributed by atoms with Gasteiger partial charge in [0.1, 0.15) is 0 Å². The Labute approximate surface area is 277 Å². The van der Waals surface area contributed by atoms with Crippen LogP contribution in [0, 0.1) is 0 Å². The summed E-state index contributed by atoms with van der Waals surface area (Å²) in [6, 6.07) is 0. The molecule has 0 heterocycles. The first-order valence-electron chi connectivity index (χ1n) is 9.46. The van der Waals surface area contributed by atoms with Crippen LogP contribution < -0.4 is 0 Å². The van der Waals surface area contributed by atoms with Crippen molar-refractivity contribution in [3.63, 3.8) is 0 Å². The van der Waals surface area contributed by atoms with E-state index in [1.54, 1.807) is 0 Å². The summed E-state index contributed by atoms with van der Waals surface area (Å²) in [6.07, 6.45) is -21.5. The molecule has 0 amide bonds. The molecule has 0 aromatic rings. The third-order valence-corrected chi connectivity index (χ3v) is 6.94. The molecule has 0 fully saturated rings. The Bertz CT molecular complexity index is 1370. The quantitative estimate of drug-likeness (QED) is 0.165. The van der Waals surface area contributed by atoms with Gasteiger partial charge >= 0.3 is 89.6 Å². The summed E-state index contributed by atoms with van der Waals surface area (Å²) in [4.78, 5) is 0. The van der Waals surface area contributed by atoms with Crippen LogP contribution in [0.15, 0.2) is 0 Å². The molecule has 0 unspecified atom stereocenters. The predicted octanol–water partition coefficient (Wildman–Crippen LogP) is 5.49. The Morgan fingerprint density at radius 3 is 0.404 bits per heavy atom. The summed E-state index contributed by atoms with van der Waals surface area (Å²) in [6.45, 7) is 0. The van der Waals surface area contributed by atoms with E-state index in [1.807, 2.05) is 0 Å². The minimum atomic E-state index is -7.43. The molecule has 40 heteroatoms. The van der Waals surface area contributed by atoms with E-state index in [-0.39, 0.29) is 19.8 Å². The molecular formula is C12F27GaO9S3. The van der Waals surface area contributed by atoms with E-state index in [0.29, 0.717) is 0 Å². The standard InChI is InChI=1S/3C4HF9O3S.Ga/c3*5-1(6,3(9,10)11)2(7,8)4(12,13)17(14,15)16;/h3*(H,14,15,16);/q;;;+3/p-3. The zero-order valence-corrected chi connectivity index (χ0v) is 26.6. The minimum absolute atomic E-state index is 0. The maximum Gasteiger partial charge on any atom is 3.00 e. The molecule has 0 aliphatic carbocycles. The van der Waals surface area contributed by atoms with Gasteiger partial charge in [0.25, 0.3) is 0 Å². The van der Waals surface area contributed by atoms with E-state index >= 15 is 0 Å². The Morgan fingerprint density at radius 1 is 0.250 bits per heavy atom. The van der Waals surface area contributed by atoms with Crippen LogP contribution in [0.2, 0.25) is 0 Å². The minimum Gasteiger partial charge on any atom is -0.743 e. The molecule has 0 N–H and O–H groups in total. The Balaban J connectivity index is -0.000000329. The Hall–Kier alpha value is -1.52. The first-order valence-corrected chi connectivity index (χ1v) is 13.7. The van der Waals surface area contributed by atoms with Gasteiger partial charge in [0.2, 0.25) is 0 Å². The fourth-order valence-corrected chi connectivity index (χ4v) is 2.88. The van der Waals surface area contributed by atoms with Crippen molar-refractivity contribution in [3.05, 3.63) is 0 Å². The van der Waals surface area contributed by atoms with Crippen LogP contribution in [-0.4, -0.2) is 129 Å². The van der Waals surface area contributed by atoms with Crippen molar-refractivity contribution < 1.29 is 157 Å². The molecule has 0 atom stereocenters. The Kier molecular flexibility index (Phi) is 16.3. The summed E-state index contributed by atoms with van der Waals surface area (Å²) < 4.78 is 406. The molecule has 52 heavy (non-hydrogen) atoms. The van der Waals surface area contributed by atoms with Gasteiger partial charge in [0.15, 0.2) is 30.4 Å². The fraction of sp³-hybridized carbons (Fsp3) is 1.00. The summed E-state index contributed by atoms with van der Waals surface area (Å²) in [5.41, 5.74) is 0. The van der Waals surface area contributed by atoms with Crippen molar-refractivity contribution >= 4 is 50.1 Å². The van der Waals surface area contributed by atoms with Gasteiger partial charge in [-0.2, -0.15) is 119 Å². The molecule has 9 nitrogen and oxygen atoms in total. The van der Waals surface area contributed by atoms with E-state index in [9.17, 15) is 157 Å². The van der Waals surface area contributed by atoms with Crippen molar-refractivity contribution in [1.82, 2.24) is 0 Å². The second kappa shape index (κ2) is 14.9. The first-order chi connectivity index (χ1) is 21.0. The molecule has 312 valence electrons. The van der Waals surface area contributed by atoms with Crippen LogP contribution in [0.1, 0.15) is 0 Å². The molecule has 0 radical (unpaired) electrons. The van der Waals surface area contributed by atoms with E-state index in [0.717, 1.165) is 0 Å². The van der Waals surface area contributed by atoms with Crippen molar-refractivity contribution in [2.75, 3.05) is 0 Å². The largest absolute Gasteiger partial charge is 3.00 e. The van der Waals surface area contributed by atoms with Crippen LogP contribution in [-0.2, 0) is 30.4 Å². The molecule has 0 saturated carbocycles. The second-order valence-electron chi connectivity index (χ2n) is 7.85. The number of alkyl halides is 27. The van der Waals surface area contributed by atoms with Crippen molar-refractivity contribution in [3.8, 4) is 0 Å². The normalized spacial score (nSPS) is 15.8. The van der Waals surface area contributed by atoms with Crippen molar-refractivity contribution in [2.45, 2.75) is 69.8 Å². The van der Waals surface area contributed by atoms with Crippen molar-refractivity contribution in [2.24, 2.45) is 0 Å². The molecule has 0 saturated heterocycles. The number of halogens is 27.